The average Bonchev–Trinajstić information content (AvgIpc) is 2.57. The molecule has 1 N–H and O–H groups in total. The Kier molecular flexibility index (Phi) is 6.87. The van der Waals surface area contributed by atoms with Crippen LogP contribution in [-0.2, 0) is 11.2 Å². The van der Waals surface area contributed by atoms with Crippen LogP contribution in [0.4, 0.5) is 0 Å². The molecule has 1 aromatic carbocycles. The quantitative estimate of drug-likeness (QED) is 0.800. The number of aliphatic hydroxyl groups is 1. The Bertz CT molecular complexity index is 409. The number of rotatable bonds is 8. The van der Waals surface area contributed by atoms with Crippen LogP contribution in [0.5, 0.6) is 0 Å². The molecule has 0 radical (unpaired) electrons. The first-order valence-corrected chi connectivity index (χ1v) is 8.75. The maximum atomic E-state index is 10.4. The first-order valence-electron chi connectivity index (χ1n) is 8.75. The largest absolute Gasteiger partial charge is 0.389 e. The van der Waals surface area contributed by atoms with Crippen molar-refractivity contribution >= 4 is 0 Å². The lowest BCUT2D eigenvalue weighted by Gasteiger charge is -2.37. The number of likely N-dealkylation sites (tertiary alicyclic amines) is 1. The lowest BCUT2D eigenvalue weighted by Crippen LogP contribution is -2.46. The smallest absolute Gasteiger partial charge is 0.0768 e. The Morgan fingerprint density at radius 2 is 1.77 bits per heavy atom. The molecule has 0 amide bonds. The molecule has 1 saturated heterocycles. The van der Waals surface area contributed by atoms with E-state index in [1.165, 1.54) is 5.56 Å². The maximum Gasteiger partial charge on any atom is 0.0768 e. The van der Waals surface area contributed by atoms with Crippen molar-refractivity contribution in [1.29, 1.82) is 0 Å². The summed E-state index contributed by atoms with van der Waals surface area (Å²) in [5.74, 6) is 0. The minimum atomic E-state index is -0.513. The second kappa shape index (κ2) is 8.66. The zero-order valence-electron chi connectivity index (χ0n) is 14.1. The van der Waals surface area contributed by atoms with Crippen LogP contribution in [0, 0.1) is 0 Å². The molecule has 1 fully saturated rings. The van der Waals surface area contributed by atoms with Crippen LogP contribution >= 0.6 is 0 Å². The topological polar surface area (TPSA) is 32.7 Å². The monoisotopic (exact) mass is 305 g/mol. The van der Waals surface area contributed by atoms with Crippen molar-refractivity contribution in [2.45, 2.75) is 57.7 Å². The molecule has 0 aliphatic carbocycles. The summed E-state index contributed by atoms with van der Waals surface area (Å²) in [4.78, 5) is 2.39. The Morgan fingerprint density at radius 3 is 2.36 bits per heavy atom. The first-order chi connectivity index (χ1) is 10.6. The van der Waals surface area contributed by atoms with Gasteiger partial charge in [0.1, 0.15) is 0 Å². The Hall–Kier alpha value is -0.900. The van der Waals surface area contributed by atoms with Gasteiger partial charge in [-0.3, -0.25) is 0 Å². The lowest BCUT2D eigenvalue weighted by atomic mass is 9.95. The van der Waals surface area contributed by atoms with Gasteiger partial charge in [-0.1, -0.05) is 44.2 Å². The van der Waals surface area contributed by atoms with E-state index in [-0.39, 0.29) is 0 Å². The number of β-amino-alcohol motifs (C(OH)–C–C–N with tert-alkyl or cyclic N) is 1. The van der Waals surface area contributed by atoms with Crippen molar-refractivity contribution in [3.8, 4) is 0 Å². The summed E-state index contributed by atoms with van der Waals surface area (Å²) in [5.41, 5.74) is 0.831. The fourth-order valence-corrected chi connectivity index (χ4v) is 3.11. The molecule has 1 aliphatic rings. The number of hydrogen-bond donors (Lipinski definition) is 1. The highest BCUT2D eigenvalue weighted by atomic mass is 16.5. The maximum absolute atomic E-state index is 10.4. The SMILES string of the molecule is CCC(O)(CC)CN1CCC(OCCc2ccccc2)CC1. The van der Waals surface area contributed by atoms with Crippen molar-refractivity contribution in [3.05, 3.63) is 35.9 Å². The molecule has 0 unspecified atom stereocenters. The van der Waals surface area contributed by atoms with Crippen molar-refractivity contribution in [1.82, 2.24) is 4.90 Å². The molecule has 0 atom stereocenters. The third kappa shape index (κ3) is 5.38. The van der Waals surface area contributed by atoms with Crippen LogP contribution in [0.25, 0.3) is 0 Å². The van der Waals surface area contributed by atoms with Gasteiger partial charge in [-0.25, -0.2) is 0 Å². The van der Waals surface area contributed by atoms with E-state index in [4.69, 9.17) is 4.74 Å². The fraction of sp³-hybridized carbons (Fsp3) is 0.684. The number of nitrogens with zero attached hydrogens (tertiary/aromatic N) is 1. The Morgan fingerprint density at radius 1 is 1.14 bits per heavy atom. The van der Waals surface area contributed by atoms with Gasteiger partial charge in [0.25, 0.3) is 0 Å². The third-order valence-electron chi connectivity index (χ3n) is 4.96. The van der Waals surface area contributed by atoms with Crippen LogP contribution in [0.1, 0.15) is 45.1 Å². The molecular formula is C19H31NO2. The molecule has 0 bridgehead atoms. The van der Waals surface area contributed by atoms with E-state index in [2.05, 4.69) is 43.0 Å². The normalized spacial score (nSPS) is 17.8. The van der Waals surface area contributed by atoms with Gasteiger partial charge in [0.2, 0.25) is 0 Å². The fourth-order valence-electron chi connectivity index (χ4n) is 3.11. The van der Waals surface area contributed by atoms with Gasteiger partial charge in [-0.05, 0) is 37.7 Å². The molecule has 3 heteroatoms. The average molecular weight is 305 g/mol. The highest BCUT2D eigenvalue weighted by Crippen LogP contribution is 2.20. The predicted octanol–water partition coefficient (Wildman–Crippen LogP) is 3.26. The molecule has 0 saturated carbocycles. The van der Waals surface area contributed by atoms with Crippen LogP contribution in [0.3, 0.4) is 0 Å². The Labute approximate surface area is 135 Å². The Balaban J connectivity index is 1.65. The highest BCUT2D eigenvalue weighted by Gasteiger charge is 2.28. The lowest BCUT2D eigenvalue weighted by molar-refractivity contribution is -0.0345. The van der Waals surface area contributed by atoms with Gasteiger partial charge < -0.3 is 14.7 Å². The third-order valence-corrected chi connectivity index (χ3v) is 4.96. The molecule has 1 heterocycles. The molecule has 3 nitrogen and oxygen atoms in total. The zero-order chi connectivity index (χ0) is 15.8. The molecule has 1 aliphatic heterocycles. The van der Waals surface area contributed by atoms with Crippen molar-refractivity contribution in [2.75, 3.05) is 26.2 Å². The highest BCUT2D eigenvalue weighted by molar-refractivity contribution is 5.14. The number of benzene rings is 1. The van der Waals surface area contributed by atoms with E-state index >= 15 is 0 Å². The second-order valence-corrected chi connectivity index (χ2v) is 6.51. The molecule has 1 aromatic rings. The summed E-state index contributed by atoms with van der Waals surface area (Å²) >= 11 is 0. The van der Waals surface area contributed by atoms with Gasteiger partial charge in [0, 0.05) is 19.6 Å². The van der Waals surface area contributed by atoms with Crippen molar-refractivity contribution < 1.29 is 9.84 Å². The van der Waals surface area contributed by atoms with E-state index in [1.807, 2.05) is 6.07 Å². The van der Waals surface area contributed by atoms with E-state index in [1.54, 1.807) is 0 Å². The summed E-state index contributed by atoms with van der Waals surface area (Å²) in [6.45, 7) is 7.84. The van der Waals surface area contributed by atoms with E-state index < -0.39 is 5.60 Å². The molecule has 2 rings (SSSR count). The molecule has 124 valence electrons. The molecule has 0 aromatic heterocycles. The minimum absolute atomic E-state index is 0.385. The van der Waals surface area contributed by atoms with Gasteiger partial charge >= 0.3 is 0 Å². The first kappa shape index (κ1) is 17.5. The molecule has 0 spiro atoms. The number of piperidine rings is 1. The van der Waals surface area contributed by atoms with Crippen molar-refractivity contribution in [2.24, 2.45) is 0 Å². The molecular weight excluding hydrogens is 274 g/mol. The van der Waals surface area contributed by atoms with Gasteiger partial charge in [0.15, 0.2) is 0 Å². The summed E-state index contributed by atoms with van der Waals surface area (Å²) in [6.07, 6.45) is 5.20. The van der Waals surface area contributed by atoms with Gasteiger partial charge in [0.05, 0.1) is 18.3 Å². The van der Waals surface area contributed by atoms with Crippen LogP contribution in [0.15, 0.2) is 30.3 Å². The van der Waals surface area contributed by atoms with E-state index in [9.17, 15) is 5.11 Å². The summed E-state index contributed by atoms with van der Waals surface area (Å²) < 4.78 is 6.03. The van der Waals surface area contributed by atoms with Crippen LogP contribution < -0.4 is 0 Å². The zero-order valence-corrected chi connectivity index (χ0v) is 14.1. The van der Waals surface area contributed by atoms with Gasteiger partial charge in [-0.15, -0.1) is 0 Å². The summed E-state index contributed by atoms with van der Waals surface area (Å²) in [5, 5.41) is 10.4. The van der Waals surface area contributed by atoms with Crippen LogP contribution in [-0.4, -0.2) is 48.0 Å². The standard InChI is InChI=1S/C19H31NO2/c1-3-19(21,4-2)16-20-13-10-18(11-14-20)22-15-12-17-8-6-5-7-9-17/h5-9,18,21H,3-4,10-16H2,1-2H3. The van der Waals surface area contributed by atoms with Gasteiger partial charge in [-0.2, -0.15) is 0 Å². The minimum Gasteiger partial charge on any atom is -0.389 e. The van der Waals surface area contributed by atoms with E-state index in [0.717, 1.165) is 58.3 Å². The number of ether oxygens (including phenoxy) is 1. The predicted molar refractivity (Wildman–Crippen MR) is 91.1 cm³/mol. The molecule has 22 heavy (non-hydrogen) atoms. The summed E-state index contributed by atoms with van der Waals surface area (Å²) in [7, 11) is 0. The second-order valence-electron chi connectivity index (χ2n) is 6.51. The van der Waals surface area contributed by atoms with Crippen LogP contribution in [0.2, 0.25) is 0 Å². The van der Waals surface area contributed by atoms with E-state index in [0.29, 0.717) is 6.10 Å². The summed E-state index contributed by atoms with van der Waals surface area (Å²) in [6, 6.07) is 10.5. The number of hydrogen-bond acceptors (Lipinski definition) is 3. The van der Waals surface area contributed by atoms with Crippen molar-refractivity contribution in [3.63, 3.8) is 0 Å².